The van der Waals surface area contributed by atoms with Crippen LogP contribution in [0.4, 0.5) is 35.3 Å². The number of nitrogens with one attached hydrogen (secondary N) is 1. The van der Waals surface area contributed by atoms with Crippen LogP contribution in [0.5, 0.6) is 5.75 Å². The number of halogens is 3. The minimum Gasteiger partial charge on any atom is -0.493 e. The molecule has 3 aromatic rings. The smallest absolute Gasteiger partial charge is 0.416 e. The summed E-state index contributed by atoms with van der Waals surface area (Å²) in [5.41, 5.74) is 0.0580. The lowest BCUT2D eigenvalue weighted by molar-refractivity contribution is -0.137. The lowest BCUT2D eigenvalue weighted by atomic mass is 10.0. The summed E-state index contributed by atoms with van der Waals surface area (Å²) in [6.07, 6.45) is 0.667. The maximum absolute atomic E-state index is 13.5. The number of benzene rings is 1. The first-order valence-corrected chi connectivity index (χ1v) is 11.9. The van der Waals surface area contributed by atoms with Gasteiger partial charge in [0, 0.05) is 43.9 Å². The molecule has 194 valence electrons. The highest BCUT2D eigenvalue weighted by molar-refractivity contribution is 6.04. The molecule has 12 heteroatoms. The lowest BCUT2D eigenvalue weighted by Gasteiger charge is -2.45. The van der Waals surface area contributed by atoms with Crippen LogP contribution in [0.1, 0.15) is 24.8 Å². The third-order valence-electron chi connectivity index (χ3n) is 6.29. The SMILES string of the molecule is O=C(Nc1cc(OCCCO)ccn1)N1c2nc(-c3cccc(C(F)(F)F)c3)ncc2N2CCCC1C2. The monoisotopic (exact) mass is 514 g/mol. The van der Waals surface area contributed by atoms with Crippen molar-refractivity contribution in [2.45, 2.75) is 31.5 Å². The highest BCUT2D eigenvalue weighted by atomic mass is 19.4. The van der Waals surface area contributed by atoms with E-state index in [1.165, 1.54) is 18.3 Å². The van der Waals surface area contributed by atoms with Crippen LogP contribution in [0.2, 0.25) is 0 Å². The molecule has 37 heavy (non-hydrogen) atoms. The summed E-state index contributed by atoms with van der Waals surface area (Å²) in [7, 11) is 0. The van der Waals surface area contributed by atoms with E-state index < -0.39 is 17.8 Å². The molecular formula is C25H25F3N6O3. The van der Waals surface area contributed by atoms with Gasteiger partial charge in [-0.15, -0.1) is 0 Å². The van der Waals surface area contributed by atoms with E-state index in [0.29, 0.717) is 36.8 Å². The quantitative estimate of drug-likeness (QED) is 0.472. The second-order valence-corrected chi connectivity index (χ2v) is 8.83. The third-order valence-corrected chi connectivity index (χ3v) is 6.29. The molecule has 2 aliphatic heterocycles. The van der Waals surface area contributed by atoms with E-state index >= 15 is 0 Å². The first-order chi connectivity index (χ1) is 17.8. The zero-order valence-electron chi connectivity index (χ0n) is 19.8. The van der Waals surface area contributed by atoms with Crippen LogP contribution in [0.3, 0.4) is 0 Å². The van der Waals surface area contributed by atoms with E-state index in [2.05, 4.69) is 25.2 Å². The molecule has 0 aliphatic carbocycles. The van der Waals surface area contributed by atoms with Gasteiger partial charge in [-0.1, -0.05) is 12.1 Å². The molecule has 2 aliphatic rings. The predicted molar refractivity (Wildman–Crippen MR) is 131 cm³/mol. The summed E-state index contributed by atoms with van der Waals surface area (Å²) >= 11 is 0. The highest BCUT2D eigenvalue weighted by Crippen LogP contribution is 2.39. The van der Waals surface area contributed by atoms with E-state index in [9.17, 15) is 18.0 Å². The third kappa shape index (κ3) is 5.29. The van der Waals surface area contributed by atoms with Gasteiger partial charge >= 0.3 is 12.2 Å². The Morgan fingerprint density at radius 2 is 2.08 bits per heavy atom. The number of rotatable bonds is 6. The second-order valence-electron chi connectivity index (χ2n) is 8.83. The number of aliphatic hydroxyl groups is 1. The molecule has 1 unspecified atom stereocenters. The molecule has 2 bridgehead atoms. The van der Waals surface area contributed by atoms with Crippen LogP contribution in [0, 0.1) is 0 Å². The van der Waals surface area contributed by atoms with Crippen LogP contribution < -0.4 is 19.9 Å². The molecule has 2 N–H and O–H groups in total. The molecular weight excluding hydrogens is 489 g/mol. The van der Waals surface area contributed by atoms with Crippen LogP contribution in [0.15, 0.2) is 48.8 Å². The predicted octanol–water partition coefficient (Wildman–Crippen LogP) is 4.34. The summed E-state index contributed by atoms with van der Waals surface area (Å²) in [5, 5.41) is 11.7. The fourth-order valence-electron chi connectivity index (χ4n) is 4.55. The number of amides is 2. The number of hydrogen-bond acceptors (Lipinski definition) is 7. The first-order valence-electron chi connectivity index (χ1n) is 11.9. The number of aliphatic hydroxyl groups excluding tert-OH is 1. The van der Waals surface area contributed by atoms with Crippen molar-refractivity contribution in [1.82, 2.24) is 15.0 Å². The number of fused-ring (bicyclic) bond motifs is 4. The van der Waals surface area contributed by atoms with Gasteiger partial charge in [0.1, 0.15) is 11.6 Å². The van der Waals surface area contributed by atoms with E-state index in [0.717, 1.165) is 31.5 Å². The number of carbonyl (C=O) groups is 1. The van der Waals surface area contributed by atoms with Gasteiger partial charge in [-0.2, -0.15) is 13.2 Å². The number of ether oxygens (including phenoxy) is 1. The summed E-state index contributed by atoms with van der Waals surface area (Å²) in [6.45, 7) is 1.71. The van der Waals surface area contributed by atoms with Crippen molar-refractivity contribution in [1.29, 1.82) is 0 Å². The standard InChI is InChI=1S/C25H25F3N6O3/c26-25(27,28)17-5-1-4-16(12-17)22-30-14-20-23(32-22)34(18-6-2-9-33(20)15-18)24(36)31-21-13-19(7-8-29-21)37-11-3-10-35/h1,4-5,7-8,12-14,18,35H,2-3,6,9-11,15H2,(H,29,31,36). The minimum atomic E-state index is -4.50. The molecule has 1 aromatic carbocycles. The summed E-state index contributed by atoms with van der Waals surface area (Å²) < 4.78 is 45.4. The number of alkyl halides is 3. The Morgan fingerprint density at radius 3 is 2.89 bits per heavy atom. The zero-order valence-corrected chi connectivity index (χ0v) is 19.8. The fourth-order valence-corrected chi connectivity index (χ4v) is 4.55. The molecule has 0 spiro atoms. The maximum Gasteiger partial charge on any atom is 0.416 e. The van der Waals surface area contributed by atoms with Crippen molar-refractivity contribution in [2.24, 2.45) is 0 Å². The van der Waals surface area contributed by atoms with Gasteiger partial charge in [0.25, 0.3) is 0 Å². The molecule has 5 rings (SSSR count). The van der Waals surface area contributed by atoms with Gasteiger partial charge in [0.2, 0.25) is 0 Å². The minimum absolute atomic E-state index is 0.00575. The molecule has 1 atom stereocenters. The lowest BCUT2D eigenvalue weighted by Crippen LogP contribution is -2.56. The van der Waals surface area contributed by atoms with Gasteiger partial charge in [-0.3, -0.25) is 10.2 Å². The van der Waals surface area contributed by atoms with Crippen molar-refractivity contribution >= 4 is 23.4 Å². The van der Waals surface area contributed by atoms with Crippen molar-refractivity contribution in [3.05, 3.63) is 54.4 Å². The number of hydrogen-bond donors (Lipinski definition) is 2. The van der Waals surface area contributed by atoms with E-state index in [1.807, 2.05) is 0 Å². The average molecular weight is 515 g/mol. The Hall–Kier alpha value is -3.93. The number of aromatic nitrogens is 3. The Bertz CT molecular complexity index is 1290. The number of pyridine rings is 1. The molecule has 9 nitrogen and oxygen atoms in total. The molecule has 2 aromatic heterocycles. The number of piperidine rings is 1. The van der Waals surface area contributed by atoms with Crippen molar-refractivity contribution < 1.29 is 27.8 Å². The van der Waals surface area contributed by atoms with E-state index in [-0.39, 0.29) is 29.9 Å². The van der Waals surface area contributed by atoms with Crippen molar-refractivity contribution in [2.75, 3.05) is 41.4 Å². The normalized spacial score (nSPS) is 16.8. The number of nitrogens with zero attached hydrogens (tertiary/aromatic N) is 5. The van der Waals surface area contributed by atoms with Gasteiger partial charge in [-0.25, -0.2) is 19.7 Å². The number of anilines is 3. The largest absolute Gasteiger partial charge is 0.493 e. The molecule has 1 fully saturated rings. The molecule has 2 amide bonds. The van der Waals surface area contributed by atoms with Crippen LogP contribution in [0.25, 0.3) is 11.4 Å². The molecule has 1 saturated heterocycles. The fraction of sp³-hybridized carbons (Fsp3) is 0.360. The Labute approximate surface area is 210 Å². The van der Waals surface area contributed by atoms with Crippen LogP contribution in [-0.2, 0) is 6.18 Å². The molecule has 0 saturated carbocycles. The van der Waals surface area contributed by atoms with Gasteiger partial charge in [0.15, 0.2) is 11.6 Å². The Balaban J connectivity index is 1.46. The van der Waals surface area contributed by atoms with Crippen LogP contribution >= 0.6 is 0 Å². The summed E-state index contributed by atoms with van der Waals surface area (Å²) in [5.74, 6) is 1.21. The summed E-state index contributed by atoms with van der Waals surface area (Å²) in [4.78, 5) is 30.3. The Kier molecular flexibility index (Phi) is 6.83. The second kappa shape index (κ2) is 10.2. The average Bonchev–Trinajstić information content (AvgIpc) is 2.89. The van der Waals surface area contributed by atoms with Gasteiger partial charge < -0.3 is 14.7 Å². The van der Waals surface area contributed by atoms with Crippen LogP contribution in [-0.4, -0.2) is 58.4 Å². The number of carbonyl (C=O) groups excluding carboxylic acids is 1. The van der Waals surface area contributed by atoms with E-state index in [4.69, 9.17) is 9.84 Å². The van der Waals surface area contributed by atoms with Crippen molar-refractivity contribution in [3.8, 4) is 17.1 Å². The first kappa shape index (κ1) is 24.8. The molecule has 4 heterocycles. The van der Waals surface area contributed by atoms with Crippen molar-refractivity contribution in [3.63, 3.8) is 0 Å². The van der Waals surface area contributed by atoms with Gasteiger partial charge in [-0.05, 0) is 31.0 Å². The molecule has 0 radical (unpaired) electrons. The number of urea groups is 1. The van der Waals surface area contributed by atoms with Gasteiger partial charge in [0.05, 0.1) is 30.1 Å². The summed E-state index contributed by atoms with van der Waals surface area (Å²) in [6, 6.07) is 7.42. The maximum atomic E-state index is 13.5. The highest BCUT2D eigenvalue weighted by Gasteiger charge is 2.39. The Morgan fingerprint density at radius 1 is 1.22 bits per heavy atom. The van der Waals surface area contributed by atoms with E-state index in [1.54, 1.807) is 23.2 Å². The zero-order chi connectivity index (χ0) is 26.0. The topological polar surface area (TPSA) is 104 Å².